The molecule has 0 radical (unpaired) electrons. The topological polar surface area (TPSA) is 67.4 Å². The molecule has 0 spiro atoms. The Bertz CT molecular complexity index is 785. The molecule has 0 saturated carbocycles. The lowest BCUT2D eigenvalue weighted by Crippen LogP contribution is -2.44. The van der Waals surface area contributed by atoms with E-state index in [0.717, 1.165) is 30.4 Å². The summed E-state index contributed by atoms with van der Waals surface area (Å²) >= 11 is 1.63. The highest BCUT2D eigenvalue weighted by Crippen LogP contribution is 2.32. The van der Waals surface area contributed by atoms with E-state index < -0.39 is 5.91 Å². The molecule has 1 aromatic heterocycles. The number of amides is 2. The molecule has 0 aliphatic heterocycles. The van der Waals surface area contributed by atoms with Crippen molar-refractivity contribution in [3.05, 3.63) is 51.2 Å². The number of carbonyl (C=O) groups excluding carboxylic acids is 2. The predicted molar refractivity (Wildman–Crippen MR) is 97.8 cm³/mol. The summed E-state index contributed by atoms with van der Waals surface area (Å²) in [7, 11) is 0. The molecule has 0 saturated heterocycles. The molecule has 2 aromatic rings. The summed E-state index contributed by atoms with van der Waals surface area (Å²) in [6.45, 7) is 4.04. The van der Waals surface area contributed by atoms with E-state index in [1.165, 1.54) is 4.88 Å². The van der Waals surface area contributed by atoms with Crippen molar-refractivity contribution < 1.29 is 14.3 Å². The second-order valence-electron chi connectivity index (χ2n) is 6.51. The van der Waals surface area contributed by atoms with Crippen LogP contribution in [0.5, 0.6) is 5.75 Å². The minimum absolute atomic E-state index is 0.150. The van der Waals surface area contributed by atoms with Gasteiger partial charge >= 0.3 is 0 Å². The van der Waals surface area contributed by atoms with Gasteiger partial charge in [-0.05, 0) is 55.4 Å². The van der Waals surface area contributed by atoms with E-state index in [2.05, 4.69) is 17.8 Å². The Hall–Kier alpha value is -2.34. The zero-order valence-electron chi connectivity index (χ0n) is 14.4. The number of benzene rings is 1. The normalized spacial score (nSPS) is 16.0. The van der Waals surface area contributed by atoms with Gasteiger partial charge in [0, 0.05) is 10.3 Å². The molecule has 5 nitrogen and oxygen atoms in total. The van der Waals surface area contributed by atoms with Crippen molar-refractivity contribution in [1.82, 2.24) is 10.9 Å². The number of thiophene rings is 1. The molecule has 1 unspecified atom stereocenters. The molecule has 6 heteroatoms. The molecule has 1 aromatic carbocycles. The first-order valence-corrected chi connectivity index (χ1v) is 9.29. The summed E-state index contributed by atoms with van der Waals surface area (Å²) in [5.74, 6) is 0.631. The highest BCUT2D eigenvalue weighted by Gasteiger charge is 2.23. The Morgan fingerprint density at radius 2 is 2.16 bits per heavy atom. The Labute approximate surface area is 151 Å². The second kappa shape index (κ2) is 7.70. The van der Waals surface area contributed by atoms with Gasteiger partial charge in [-0.15, -0.1) is 11.3 Å². The monoisotopic (exact) mass is 358 g/mol. The molecule has 3 rings (SSSR count). The van der Waals surface area contributed by atoms with Crippen LogP contribution in [0.25, 0.3) is 0 Å². The standard InChI is InChI=1S/C19H22N2O3S/c1-12-4-3-5-14(8-12)24-10-18(22)20-21-19(23)16-11-25-17-9-13(2)6-7-15(16)17/h3-5,8,11,13H,6-7,9-10H2,1-2H3,(H,20,22)(H,21,23). The first kappa shape index (κ1) is 17.5. The molecular weight excluding hydrogens is 336 g/mol. The van der Waals surface area contributed by atoms with Gasteiger partial charge in [0.25, 0.3) is 11.8 Å². The number of hydrazine groups is 1. The lowest BCUT2D eigenvalue weighted by Gasteiger charge is -2.18. The third-order valence-electron chi connectivity index (χ3n) is 4.32. The predicted octanol–water partition coefficient (Wildman–Crippen LogP) is 3.02. The third-order valence-corrected chi connectivity index (χ3v) is 5.37. The van der Waals surface area contributed by atoms with Gasteiger partial charge in [0.1, 0.15) is 5.75 Å². The zero-order chi connectivity index (χ0) is 17.8. The molecule has 1 heterocycles. The first-order valence-electron chi connectivity index (χ1n) is 8.41. The molecule has 1 atom stereocenters. The summed E-state index contributed by atoms with van der Waals surface area (Å²) in [6.07, 6.45) is 3.05. The van der Waals surface area contributed by atoms with Crippen LogP contribution in [0.4, 0.5) is 0 Å². The Balaban J connectivity index is 1.50. The zero-order valence-corrected chi connectivity index (χ0v) is 15.2. The molecule has 1 aliphatic rings. The fourth-order valence-electron chi connectivity index (χ4n) is 2.95. The Morgan fingerprint density at radius 1 is 1.32 bits per heavy atom. The number of hydrogen-bond acceptors (Lipinski definition) is 4. The number of nitrogens with one attached hydrogen (secondary N) is 2. The van der Waals surface area contributed by atoms with Crippen molar-refractivity contribution in [1.29, 1.82) is 0 Å². The maximum absolute atomic E-state index is 12.3. The van der Waals surface area contributed by atoms with Crippen LogP contribution >= 0.6 is 11.3 Å². The number of hydrogen-bond donors (Lipinski definition) is 2. The van der Waals surface area contributed by atoms with Crippen LogP contribution in [-0.4, -0.2) is 18.4 Å². The van der Waals surface area contributed by atoms with Gasteiger partial charge in [-0.1, -0.05) is 19.1 Å². The lowest BCUT2D eigenvalue weighted by molar-refractivity contribution is -0.123. The summed E-state index contributed by atoms with van der Waals surface area (Å²) in [4.78, 5) is 25.5. The van der Waals surface area contributed by atoms with E-state index in [0.29, 0.717) is 17.2 Å². The highest BCUT2D eigenvalue weighted by atomic mass is 32.1. The van der Waals surface area contributed by atoms with Crippen LogP contribution in [-0.2, 0) is 17.6 Å². The molecule has 132 valence electrons. The molecular formula is C19H22N2O3S. The minimum atomic E-state index is -0.396. The van der Waals surface area contributed by atoms with Crippen molar-refractivity contribution in [2.24, 2.45) is 5.92 Å². The van der Waals surface area contributed by atoms with Gasteiger partial charge in [-0.2, -0.15) is 0 Å². The van der Waals surface area contributed by atoms with Crippen molar-refractivity contribution in [3.63, 3.8) is 0 Å². The molecule has 0 bridgehead atoms. The summed E-state index contributed by atoms with van der Waals surface area (Å²) < 4.78 is 5.41. The lowest BCUT2D eigenvalue weighted by atomic mass is 9.88. The molecule has 2 amide bonds. The number of fused-ring (bicyclic) bond motifs is 1. The summed E-state index contributed by atoms with van der Waals surface area (Å²) in [6, 6.07) is 7.46. The van der Waals surface area contributed by atoms with Crippen LogP contribution < -0.4 is 15.6 Å². The van der Waals surface area contributed by atoms with Crippen molar-refractivity contribution in [3.8, 4) is 5.75 Å². The van der Waals surface area contributed by atoms with E-state index >= 15 is 0 Å². The van der Waals surface area contributed by atoms with E-state index in [4.69, 9.17) is 4.74 Å². The van der Waals surface area contributed by atoms with Gasteiger partial charge in [0.15, 0.2) is 6.61 Å². The number of aryl methyl sites for hydroxylation is 1. The van der Waals surface area contributed by atoms with Gasteiger partial charge in [-0.25, -0.2) is 0 Å². The number of carbonyl (C=O) groups is 2. The number of ether oxygens (including phenoxy) is 1. The minimum Gasteiger partial charge on any atom is -0.484 e. The van der Waals surface area contributed by atoms with Gasteiger partial charge in [0.2, 0.25) is 0 Å². The Morgan fingerprint density at radius 3 is 2.96 bits per heavy atom. The average Bonchev–Trinajstić information content (AvgIpc) is 3.01. The van der Waals surface area contributed by atoms with E-state index in [9.17, 15) is 9.59 Å². The fraction of sp³-hybridized carbons (Fsp3) is 0.368. The van der Waals surface area contributed by atoms with Gasteiger partial charge < -0.3 is 4.74 Å². The third kappa shape index (κ3) is 4.39. The quantitative estimate of drug-likeness (QED) is 0.826. The Kier molecular flexibility index (Phi) is 5.38. The highest BCUT2D eigenvalue weighted by molar-refractivity contribution is 7.10. The van der Waals surface area contributed by atoms with Crippen LogP contribution in [0.15, 0.2) is 29.6 Å². The molecule has 25 heavy (non-hydrogen) atoms. The summed E-state index contributed by atoms with van der Waals surface area (Å²) in [5.41, 5.74) is 7.76. The SMILES string of the molecule is Cc1cccc(OCC(=O)NNC(=O)c2csc3c2CCC(C)C3)c1. The van der Waals surface area contributed by atoms with Crippen molar-refractivity contribution in [2.75, 3.05) is 6.61 Å². The van der Waals surface area contributed by atoms with Crippen LogP contribution in [0, 0.1) is 12.8 Å². The largest absolute Gasteiger partial charge is 0.484 e. The summed E-state index contributed by atoms with van der Waals surface area (Å²) in [5, 5.41) is 1.88. The van der Waals surface area contributed by atoms with E-state index in [1.54, 1.807) is 17.4 Å². The van der Waals surface area contributed by atoms with Crippen LogP contribution in [0.1, 0.15) is 39.7 Å². The van der Waals surface area contributed by atoms with Crippen molar-refractivity contribution in [2.45, 2.75) is 33.1 Å². The molecule has 0 fully saturated rings. The second-order valence-corrected chi connectivity index (χ2v) is 7.47. The van der Waals surface area contributed by atoms with Gasteiger partial charge in [-0.3, -0.25) is 20.4 Å². The first-order chi connectivity index (χ1) is 12.0. The number of rotatable bonds is 4. The van der Waals surface area contributed by atoms with Crippen LogP contribution in [0.2, 0.25) is 0 Å². The molecule has 1 aliphatic carbocycles. The van der Waals surface area contributed by atoms with Crippen LogP contribution in [0.3, 0.4) is 0 Å². The maximum Gasteiger partial charge on any atom is 0.276 e. The average molecular weight is 358 g/mol. The maximum atomic E-state index is 12.3. The van der Waals surface area contributed by atoms with Crippen molar-refractivity contribution >= 4 is 23.2 Å². The van der Waals surface area contributed by atoms with E-state index in [-0.39, 0.29) is 12.5 Å². The van der Waals surface area contributed by atoms with E-state index in [1.807, 2.05) is 30.5 Å². The van der Waals surface area contributed by atoms with Gasteiger partial charge in [0.05, 0.1) is 5.56 Å². The molecule has 2 N–H and O–H groups in total. The smallest absolute Gasteiger partial charge is 0.276 e. The fourth-order valence-corrected chi connectivity index (χ4v) is 4.20.